The number of rotatable bonds is 4. The van der Waals surface area contributed by atoms with Crippen molar-refractivity contribution in [2.75, 3.05) is 25.5 Å². The molecule has 1 aromatic rings. The molecule has 17 heavy (non-hydrogen) atoms. The molecule has 1 unspecified atom stereocenters. The van der Waals surface area contributed by atoms with E-state index >= 15 is 0 Å². The van der Waals surface area contributed by atoms with Crippen LogP contribution in [0.15, 0.2) is 18.2 Å². The van der Waals surface area contributed by atoms with Gasteiger partial charge in [-0.1, -0.05) is 6.07 Å². The van der Waals surface area contributed by atoms with Crippen LogP contribution in [0, 0.1) is 0 Å². The number of amides is 1. The molecule has 1 aromatic carbocycles. The maximum atomic E-state index is 11.2. The van der Waals surface area contributed by atoms with E-state index in [1.54, 1.807) is 0 Å². The number of nitrogens with one attached hydrogen (secondary N) is 2. The van der Waals surface area contributed by atoms with Gasteiger partial charge in [-0.25, -0.2) is 0 Å². The molecular formula is C12H17N3O2. The summed E-state index contributed by atoms with van der Waals surface area (Å²) in [6.45, 7) is 0.704. The predicted molar refractivity (Wildman–Crippen MR) is 66.0 cm³/mol. The molecule has 0 spiro atoms. The minimum Gasteiger partial charge on any atom is -0.482 e. The third kappa shape index (κ3) is 2.57. The molecule has 0 fully saturated rings. The van der Waals surface area contributed by atoms with Crippen molar-refractivity contribution in [3.05, 3.63) is 23.8 Å². The molecule has 1 amide bonds. The molecule has 5 heteroatoms. The van der Waals surface area contributed by atoms with Gasteiger partial charge in [0, 0.05) is 6.04 Å². The summed E-state index contributed by atoms with van der Waals surface area (Å²) in [6, 6.07) is 6.01. The van der Waals surface area contributed by atoms with Gasteiger partial charge in [0.05, 0.1) is 5.69 Å². The van der Waals surface area contributed by atoms with E-state index in [0.717, 1.165) is 23.4 Å². The molecule has 0 saturated heterocycles. The van der Waals surface area contributed by atoms with Crippen molar-refractivity contribution in [1.29, 1.82) is 0 Å². The zero-order valence-electron chi connectivity index (χ0n) is 9.82. The molecule has 1 aliphatic heterocycles. The molecule has 1 atom stereocenters. The van der Waals surface area contributed by atoms with E-state index < -0.39 is 0 Å². The molecule has 92 valence electrons. The van der Waals surface area contributed by atoms with E-state index in [-0.39, 0.29) is 18.6 Å². The van der Waals surface area contributed by atoms with Crippen molar-refractivity contribution in [1.82, 2.24) is 5.32 Å². The number of anilines is 1. The summed E-state index contributed by atoms with van der Waals surface area (Å²) >= 11 is 0. The number of hydrogen-bond acceptors (Lipinski definition) is 4. The molecule has 1 aliphatic rings. The number of carbonyl (C=O) groups is 1. The van der Waals surface area contributed by atoms with Crippen LogP contribution in [0.2, 0.25) is 0 Å². The second-order valence-electron chi connectivity index (χ2n) is 4.01. The van der Waals surface area contributed by atoms with Gasteiger partial charge in [-0.15, -0.1) is 0 Å². The highest BCUT2D eigenvalue weighted by molar-refractivity contribution is 5.95. The van der Waals surface area contributed by atoms with Crippen LogP contribution >= 0.6 is 0 Å². The monoisotopic (exact) mass is 235 g/mol. The Hall–Kier alpha value is -1.59. The Balaban J connectivity index is 2.25. The highest BCUT2D eigenvalue weighted by Crippen LogP contribution is 2.31. The fourth-order valence-electron chi connectivity index (χ4n) is 1.96. The Bertz CT molecular complexity index is 420. The van der Waals surface area contributed by atoms with Crippen LogP contribution < -0.4 is 21.1 Å². The van der Waals surface area contributed by atoms with Crippen LogP contribution in [0.1, 0.15) is 18.0 Å². The highest BCUT2D eigenvalue weighted by Gasteiger charge is 2.17. The summed E-state index contributed by atoms with van der Waals surface area (Å²) in [5, 5.41) is 6.00. The topological polar surface area (TPSA) is 76.4 Å². The molecule has 2 rings (SSSR count). The molecule has 0 bridgehead atoms. The Kier molecular flexibility index (Phi) is 3.61. The number of benzene rings is 1. The lowest BCUT2D eigenvalue weighted by Gasteiger charge is -2.21. The molecular weight excluding hydrogens is 218 g/mol. The quantitative estimate of drug-likeness (QED) is 0.715. The van der Waals surface area contributed by atoms with Gasteiger partial charge < -0.3 is 21.1 Å². The second kappa shape index (κ2) is 5.16. The minimum absolute atomic E-state index is 0.0879. The summed E-state index contributed by atoms with van der Waals surface area (Å²) < 4.78 is 5.31. The van der Waals surface area contributed by atoms with Crippen LogP contribution in [-0.2, 0) is 4.79 Å². The van der Waals surface area contributed by atoms with E-state index in [2.05, 4.69) is 10.6 Å². The molecule has 0 radical (unpaired) electrons. The zero-order valence-corrected chi connectivity index (χ0v) is 9.82. The molecule has 0 aromatic heterocycles. The summed E-state index contributed by atoms with van der Waals surface area (Å²) in [5.41, 5.74) is 7.40. The Labute approximate surface area is 100 Å². The van der Waals surface area contributed by atoms with Gasteiger partial charge in [-0.05, 0) is 37.7 Å². The van der Waals surface area contributed by atoms with Crippen LogP contribution in [0.25, 0.3) is 0 Å². The van der Waals surface area contributed by atoms with Gasteiger partial charge >= 0.3 is 0 Å². The van der Waals surface area contributed by atoms with E-state index in [1.807, 2.05) is 25.2 Å². The average molecular weight is 235 g/mol. The van der Waals surface area contributed by atoms with Gasteiger partial charge in [0.25, 0.3) is 5.91 Å². The van der Waals surface area contributed by atoms with Gasteiger partial charge in [-0.3, -0.25) is 4.79 Å². The number of nitrogens with two attached hydrogens (primary N) is 1. The lowest BCUT2D eigenvalue weighted by Crippen LogP contribution is -2.26. The van der Waals surface area contributed by atoms with Crippen LogP contribution in [-0.4, -0.2) is 26.1 Å². The normalized spacial score (nSPS) is 15.8. The van der Waals surface area contributed by atoms with Crippen LogP contribution in [0.5, 0.6) is 5.75 Å². The van der Waals surface area contributed by atoms with Gasteiger partial charge in [0.2, 0.25) is 0 Å². The Morgan fingerprint density at radius 1 is 1.59 bits per heavy atom. The minimum atomic E-state index is -0.116. The van der Waals surface area contributed by atoms with Crippen molar-refractivity contribution < 1.29 is 9.53 Å². The summed E-state index contributed by atoms with van der Waals surface area (Å²) in [7, 11) is 1.90. The molecule has 0 saturated carbocycles. The average Bonchev–Trinajstić information content (AvgIpc) is 2.35. The first-order valence-corrected chi connectivity index (χ1v) is 5.68. The standard InChI is InChI=1S/C12H17N3O2/c1-14-9(4-5-13)8-2-3-11-10(6-8)15-12(16)7-17-11/h2-3,6,9,14H,4-5,7,13H2,1H3,(H,15,16). The van der Waals surface area contributed by atoms with Gasteiger partial charge in [0.1, 0.15) is 5.75 Å². The lowest BCUT2D eigenvalue weighted by molar-refractivity contribution is -0.118. The van der Waals surface area contributed by atoms with E-state index in [0.29, 0.717) is 6.54 Å². The van der Waals surface area contributed by atoms with Crippen molar-refractivity contribution in [2.24, 2.45) is 5.73 Å². The third-order valence-corrected chi connectivity index (χ3v) is 2.84. The first kappa shape index (κ1) is 11.9. The lowest BCUT2D eigenvalue weighted by atomic mass is 10.0. The Morgan fingerprint density at radius 3 is 3.12 bits per heavy atom. The fourth-order valence-corrected chi connectivity index (χ4v) is 1.96. The molecule has 0 aliphatic carbocycles. The summed E-state index contributed by atoms with van der Waals surface area (Å²) in [4.78, 5) is 11.2. The number of hydrogen-bond donors (Lipinski definition) is 3. The first-order chi connectivity index (χ1) is 8.24. The van der Waals surface area contributed by atoms with Crippen molar-refractivity contribution >= 4 is 11.6 Å². The Morgan fingerprint density at radius 2 is 2.41 bits per heavy atom. The highest BCUT2D eigenvalue weighted by atomic mass is 16.5. The van der Waals surface area contributed by atoms with E-state index in [9.17, 15) is 4.79 Å². The first-order valence-electron chi connectivity index (χ1n) is 5.68. The maximum absolute atomic E-state index is 11.2. The smallest absolute Gasteiger partial charge is 0.262 e. The number of fused-ring (bicyclic) bond motifs is 1. The maximum Gasteiger partial charge on any atom is 0.262 e. The predicted octanol–water partition coefficient (Wildman–Crippen LogP) is 0.627. The van der Waals surface area contributed by atoms with Gasteiger partial charge in [0.15, 0.2) is 6.61 Å². The van der Waals surface area contributed by atoms with E-state index in [4.69, 9.17) is 10.5 Å². The zero-order chi connectivity index (χ0) is 12.3. The molecule has 1 heterocycles. The number of ether oxygens (including phenoxy) is 1. The van der Waals surface area contributed by atoms with Crippen LogP contribution in [0.4, 0.5) is 5.69 Å². The van der Waals surface area contributed by atoms with Crippen molar-refractivity contribution in [3.8, 4) is 5.75 Å². The van der Waals surface area contributed by atoms with Crippen molar-refractivity contribution in [3.63, 3.8) is 0 Å². The SMILES string of the molecule is CNC(CCN)c1ccc2c(c1)NC(=O)CO2. The summed E-state index contributed by atoms with van der Waals surface area (Å²) in [5.74, 6) is 0.602. The second-order valence-corrected chi connectivity index (χ2v) is 4.01. The molecule has 4 N–H and O–H groups in total. The van der Waals surface area contributed by atoms with Crippen LogP contribution in [0.3, 0.4) is 0 Å². The molecule has 5 nitrogen and oxygen atoms in total. The van der Waals surface area contributed by atoms with Gasteiger partial charge in [-0.2, -0.15) is 0 Å². The largest absolute Gasteiger partial charge is 0.482 e. The van der Waals surface area contributed by atoms with E-state index in [1.165, 1.54) is 0 Å². The fraction of sp³-hybridized carbons (Fsp3) is 0.417. The number of carbonyl (C=O) groups excluding carboxylic acids is 1. The summed E-state index contributed by atoms with van der Waals surface area (Å²) in [6.07, 6.45) is 0.851. The third-order valence-electron chi connectivity index (χ3n) is 2.84. The van der Waals surface area contributed by atoms with Crippen molar-refractivity contribution in [2.45, 2.75) is 12.5 Å².